The molecule has 0 saturated carbocycles. The van der Waals surface area contributed by atoms with Gasteiger partial charge in [-0.05, 0) is 19.4 Å². The molecule has 1 unspecified atom stereocenters. The summed E-state index contributed by atoms with van der Waals surface area (Å²) in [5.41, 5.74) is 0. The Hall–Kier alpha value is 0.830. The summed E-state index contributed by atoms with van der Waals surface area (Å²) in [6.07, 6.45) is 3.89. The molecular weight excluding hydrogens is 216 g/mol. The van der Waals surface area contributed by atoms with Gasteiger partial charge in [0.25, 0.3) is 0 Å². The van der Waals surface area contributed by atoms with Gasteiger partial charge in [-0.1, -0.05) is 6.42 Å². The summed E-state index contributed by atoms with van der Waals surface area (Å²) in [4.78, 5) is 2.41. The molecule has 0 amide bonds. The van der Waals surface area contributed by atoms with Crippen LogP contribution in [0.2, 0.25) is 0 Å². The minimum Gasteiger partial charge on any atom is -0.298 e. The number of alkyl halides is 2. The molecule has 0 spiro atoms. The van der Waals surface area contributed by atoms with Crippen LogP contribution in [0.25, 0.3) is 0 Å². The Morgan fingerprint density at radius 3 is 2.58 bits per heavy atom. The predicted octanol–water partition coefficient (Wildman–Crippen LogP) is 2.74. The molecule has 0 aromatic heterocycles. The quantitative estimate of drug-likeness (QED) is 0.677. The summed E-state index contributed by atoms with van der Waals surface area (Å²) in [6, 6.07) is 0.587. The first-order valence-corrected chi connectivity index (χ1v) is 5.31. The molecule has 4 heteroatoms. The fraction of sp³-hybridized carbons (Fsp3) is 1.00. The van der Waals surface area contributed by atoms with E-state index in [1.807, 2.05) is 0 Å². The molecule has 1 aliphatic rings. The molecule has 0 bridgehead atoms. The second-order valence-electron chi connectivity index (χ2n) is 3.03. The van der Waals surface area contributed by atoms with E-state index in [9.17, 15) is 0 Å². The molecule has 74 valence electrons. The Bertz CT molecular complexity index is 108. The molecule has 1 fully saturated rings. The van der Waals surface area contributed by atoms with Gasteiger partial charge in [-0.15, -0.1) is 35.6 Å². The lowest BCUT2D eigenvalue weighted by molar-refractivity contribution is 0.173. The van der Waals surface area contributed by atoms with E-state index in [-0.39, 0.29) is 12.4 Å². The number of likely N-dealkylation sites (tertiary alicyclic amines) is 1. The maximum absolute atomic E-state index is 5.83. The highest BCUT2D eigenvalue weighted by Crippen LogP contribution is 2.17. The molecule has 0 radical (unpaired) electrons. The summed E-state index contributed by atoms with van der Waals surface area (Å²) in [5, 5.41) is 0. The third kappa shape index (κ3) is 3.69. The van der Waals surface area contributed by atoms with Crippen LogP contribution in [0.1, 0.15) is 19.3 Å². The van der Waals surface area contributed by atoms with Crippen molar-refractivity contribution in [2.24, 2.45) is 0 Å². The molecule has 12 heavy (non-hydrogen) atoms. The number of nitrogens with zero attached hydrogens (tertiary/aromatic N) is 1. The summed E-state index contributed by atoms with van der Waals surface area (Å²) in [7, 11) is 0. The number of piperidine rings is 1. The van der Waals surface area contributed by atoms with Gasteiger partial charge in [0.1, 0.15) is 0 Å². The number of halogens is 3. The fourth-order valence-electron chi connectivity index (χ4n) is 1.64. The number of hydrogen-bond acceptors (Lipinski definition) is 1. The Balaban J connectivity index is 0.00000121. The monoisotopic (exact) mass is 231 g/mol. The predicted molar refractivity (Wildman–Crippen MR) is 57.9 cm³/mol. The summed E-state index contributed by atoms with van der Waals surface area (Å²) in [5.74, 6) is 1.49. The molecule has 1 heterocycles. The fourth-order valence-corrected chi connectivity index (χ4v) is 2.20. The zero-order valence-electron chi connectivity index (χ0n) is 7.14. The van der Waals surface area contributed by atoms with Crippen LogP contribution in [0, 0.1) is 0 Å². The second kappa shape index (κ2) is 7.25. The molecule has 1 saturated heterocycles. The average molecular weight is 233 g/mol. The maximum Gasteiger partial charge on any atom is 0.0379 e. The Morgan fingerprint density at radius 2 is 2.00 bits per heavy atom. The van der Waals surface area contributed by atoms with E-state index in [0.717, 1.165) is 18.3 Å². The van der Waals surface area contributed by atoms with Crippen molar-refractivity contribution in [1.29, 1.82) is 0 Å². The molecule has 1 nitrogen and oxygen atoms in total. The van der Waals surface area contributed by atoms with Crippen LogP contribution >= 0.6 is 35.6 Å². The lowest BCUT2D eigenvalue weighted by atomic mass is 10.0. The van der Waals surface area contributed by atoms with Gasteiger partial charge in [0.05, 0.1) is 0 Å². The van der Waals surface area contributed by atoms with Gasteiger partial charge < -0.3 is 0 Å². The molecule has 1 aliphatic heterocycles. The zero-order chi connectivity index (χ0) is 8.10. The van der Waals surface area contributed by atoms with Gasteiger partial charge in [0.15, 0.2) is 0 Å². The third-order valence-electron chi connectivity index (χ3n) is 2.30. The van der Waals surface area contributed by atoms with E-state index in [4.69, 9.17) is 23.2 Å². The van der Waals surface area contributed by atoms with Crippen LogP contribution in [-0.4, -0.2) is 35.8 Å². The van der Waals surface area contributed by atoms with Crippen LogP contribution < -0.4 is 0 Å². The van der Waals surface area contributed by atoms with Crippen molar-refractivity contribution in [1.82, 2.24) is 4.90 Å². The smallest absolute Gasteiger partial charge is 0.0379 e. The Morgan fingerprint density at radius 1 is 1.25 bits per heavy atom. The maximum atomic E-state index is 5.83. The SMILES string of the molecule is Cl.ClCCN1CCCCC1CCl. The first-order chi connectivity index (χ1) is 5.38. The van der Waals surface area contributed by atoms with Crippen molar-refractivity contribution in [3.8, 4) is 0 Å². The summed E-state index contributed by atoms with van der Waals surface area (Å²) < 4.78 is 0. The molecule has 0 N–H and O–H groups in total. The largest absolute Gasteiger partial charge is 0.298 e. The normalized spacial score (nSPS) is 25.0. The summed E-state index contributed by atoms with van der Waals surface area (Å²) in [6.45, 7) is 2.18. The van der Waals surface area contributed by atoms with Crippen LogP contribution in [0.4, 0.5) is 0 Å². The minimum atomic E-state index is 0. The first kappa shape index (κ1) is 12.8. The highest BCUT2D eigenvalue weighted by molar-refractivity contribution is 6.18. The van der Waals surface area contributed by atoms with Gasteiger partial charge in [-0.3, -0.25) is 4.90 Å². The van der Waals surface area contributed by atoms with E-state index in [2.05, 4.69) is 4.90 Å². The highest BCUT2D eigenvalue weighted by Gasteiger charge is 2.20. The average Bonchev–Trinajstić information content (AvgIpc) is 2.06. The van der Waals surface area contributed by atoms with Crippen molar-refractivity contribution >= 4 is 35.6 Å². The van der Waals surface area contributed by atoms with Crippen molar-refractivity contribution in [3.05, 3.63) is 0 Å². The standard InChI is InChI=1S/C8H15Cl2N.ClH/c9-4-6-11-5-2-1-3-8(11)7-10;/h8H,1-7H2;1H. The Labute approximate surface area is 90.8 Å². The van der Waals surface area contributed by atoms with Crippen LogP contribution in [0.3, 0.4) is 0 Å². The van der Waals surface area contributed by atoms with Crippen molar-refractivity contribution in [2.75, 3.05) is 24.8 Å². The van der Waals surface area contributed by atoms with Crippen LogP contribution in [0.15, 0.2) is 0 Å². The van der Waals surface area contributed by atoms with Gasteiger partial charge in [-0.2, -0.15) is 0 Å². The lowest BCUT2D eigenvalue weighted by Gasteiger charge is -2.33. The number of hydrogen-bond donors (Lipinski definition) is 0. The summed E-state index contributed by atoms with van der Waals surface area (Å²) >= 11 is 11.5. The van der Waals surface area contributed by atoms with Crippen molar-refractivity contribution in [3.63, 3.8) is 0 Å². The van der Waals surface area contributed by atoms with Gasteiger partial charge in [0, 0.05) is 24.3 Å². The van der Waals surface area contributed by atoms with E-state index in [1.54, 1.807) is 0 Å². The zero-order valence-corrected chi connectivity index (χ0v) is 9.47. The minimum absolute atomic E-state index is 0. The van der Waals surface area contributed by atoms with Crippen molar-refractivity contribution < 1.29 is 0 Å². The van der Waals surface area contributed by atoms with Gasteiger partial charge in [-0.25, -0.2) is 0 Å². The first-order valence-electron chi connectivity index (χ1n) is 4.24. The second-order valence-corrected chi connectivity index (χ2v) is 3.72. The van der Waals surface area contributed by atoms with Crippen LogP contribution in [0.5, 0.6) is 0 Å². The van der Waals surface area contributed by atoms with E-state index in [0.29, 0.717) is 6.04 Å². The van der Waals surface area contributed by atoms with E-state index in [1.165, 1.54) is 25.8 Å². The van der Waals surface area contributed by atoms with E-state index >= 15 is 0 Å². The molecule has 0 aromatic carbocycles. The van der Waals surface area contributed by atoms with Crippen LogP contribution in [-0.2, 0) is 0 Å². The lowest BCUT2D eigenvalue weighted by Crippen LogP contribution is -2.41. The van der Waals surface area contributed by atoms with E-state index < -0.39 is 0 Å². The number of rotatable bonds is 3. The Kier molecular flexibility index (Phi) is 7.76. The molecular formula is C8H16Cl3N. The molecule has 0 aliphatic carbocycles. The highest BCUT2D eigenvalue weighted by atomic mass is 35.5. The molecule has 1 rings (SSSR count). The third-order valence-corrected chi connectivity index (χ3v) is 2.82. The van der Waals surface area contributed by atoms with Crippen molar-refractivity contribution in [2.45, 2.75) is 25.3 Å². The topological polar surface area (TPSA) is 3.24 Å². The molecule has 1 atom stereocenters. The molecule has 0 aromatic rings. The van der Waals surface area contributed by atoms with Gasteiger partial charge >= 0.3 is 0 Å². The van der Waals surface area contributed by atoms with Gasteiger partial charge in [0.2, 0.25) is 0 Å².